The molecule has 0 aliphatic rings. The number of H-pyrrole nitrogens is 1. The molecule has 0 amide bonds. The van der Waals surface area contributed by atoms with Crippen molar-refractivity contribution in [2.75, 3.05) is 5.73 Å². The van der Waals surface area contributed by atoms with E-state index in [9.17, 15) is 10.0 Å². The van der Waals surface area contributed by atoms with Gasteiger partial charge in [0.05, 0.1) is 22.0 Å². The molecular formula is C20H15N5O2. The number of aryl methyl sites for hydroxylation is 1. The molecule has 3 heterocycles. The second kappa shape index (κ2) is 5.31. The molecule has 2 aromatic carbocycles. The Hall–Kier alpha value is -3.87. The fourth-order valence-corrected chi connectivity index (χ4v) is 3.57. The van der Waals surface area contributed by atoms with Gasteiger partial charge in [-0.3, -0.25) is 9.89 Å². The number of hydrogen-bond acceptors (Lipinski definition) is 5. The monoisotopic (exact) mass is 357 g/mol. The minimum absolute atomic E-state index is 0.262. The standard InChI is InChI=1S/C20H15N5O2/c1-10-6-8-11(9-7-10)17-15-14(16-18(21)23-24-19(16)22-17)12-4-2-3-5-13(12)25(27)20(15)26/h2-9,27H,1H3,(H3,21,22,23,24). The largest absolute Gasteiger partial charge is 0.425 e. The average molecular weight is 357 g/mol. The third kappa shape index (κ3) is 2.05. The molecule has 0 fully saturated rings. The van der Waals surface area contributed by atoms with Crippen molar-refractivity contribution in [2.24, 2.45) is 0 Å². The number of nitrogens with zero attached hydrogens (tertiary/aromatic N) is 3. The van der Waals surface area contributed by atoms with Crippen molar-refractivity contribution in [3.8, 4) is 11.3 Å². The summed E-state index contributed by atoms with van der Waals surface area (Å²) in [5.41, 5.74) is 8.77. The number of nitrogens with two attached hydrogens (primary N) is 1. The smallest absolute Gasteiger partial charge is 0.293 e. The number of nitrogen functional groups attached to an aromatic ring is 1. The van der Waals surface area contributed by atoms with E-state index in [1.54, 1.807) is 12.1 Å². The summed E-state index contributed by atoms with van der Waals surface area (Å²) in [6.45, 7) is 1.99. The molecule has 7 nitrogen and oxygen atoms in total. The Morgan fingerprint density at radius 3 is 2.56 bits per heavy atom. The predicted molar refractivity (Wildman–Crippen MR) is 105 cm³/mol. The summed E-state index contributed by atoms with van der Waals surface area (Å²) in [6.07, 6.45) is 0. The third-order valence-electron chi connectivity index (χ3n) is 4.87. The van der Waals surface area contributed by atoms with E-state index in [4.69, 9.17) is 5.73 Å². The summed E-state index contributed by atoms with van der Waals surface area (Å²) >= 11 is 0. The van der Waals surface area contributed by atoms with Crippen LogP contribution in [-0.4, -0.2) is 25.1 Å². The second-order valence-corrected chi connectivity index (χ2v) is 6.54. The topological polar surface area (TPSA) is 110 Å². The van der Waals surface area contributed by atoms with Gasteiger partial charge < -0.3 is 10.9 Å². The molecule has 0 spiro atoms. The van der Waals surface area contributed by atoms with Gasteiger partial charge in [-0.05, 0) is 13.0 Å². The molecule has 0 unspecified atom stereocenters. The molecule has 0 atom stereocenters. The quantitative estimate of drug-likeness (QED) is 0.315. The lowest BCUT2D eigenvalue weighted by atomic mass is 9.99. The van der Waals surface area contributed by atoms with Crippen molar-refractivity contribution in [3.05, 3.63) is 64.4 Å². The van der Waals surface area contributed by atoms with Crippen LogP contribution in [0.3, 0.4) is 0 Å². The summed E-state index contributed by atoms with van der Waals surface area (Å²) in [7, 11) is 0. The van der Waals surface area contributed by atoms with Crippen molar-refractivity contribution in [2.45, 2.75) is 6.92 Å². The van der Waals surface area contributed by atoms with Crippen LogP contribution >= 0.6 is 0 Å². The Labute approximate surface area is 152 Å². The van der Waals surface area contributed by atoms with Crippen molar-refractivity contribution in [3.63, 3.8) is 0 Å². The van der Waals surface area contributed by atoms with Crippen LogP contribution in [0.1, 0.15) is 5.56 Å². The molecule has 0 saturated heterocycles. The highest BCUT2D eigenvalue weighted by Gasteiger charge is 2.21. The number of para-hydroxylation sites is 1. The van der Waals surface area contributed by atoms with Crippen LogP contribution in [-0.2, 0) is 0 Å². The van der Waals surface area contributed by atoms with E-state index in [2.05, 4.69) is 15.2 Å². The fourth-order valence-electron chi connectivity index (χ4n) is 3.57. The Morgan fingerprint density at radius 2 is 1.78 bits per heavy atom. The van der Waals surface area contributed by atoms with E-state index < -0.39 is 5.56 Å². The van der Waals surface area contributed by atoms with Crippen LogP contribution < -0.4 is 11.3 Å². The number of anilines is 1. The third-order valence-corrected chi connectivity index (χ3v) is 4.87. The number of benzene rings is 2. The lowest BCUT2D eigenvalue weighted by Crippen LogP contribution is -2.19. The van der Waals surface area contributed by atoms with Gasteiger partial charge in [-0.25, -0.2) is 4.98 Å². The summed E-state index contributed by atoms with van der Waals surface area (Å²) < 4.78 is 0.666. The van der Waals surface area contributed by atoms with Crippen molar-refractivity contribution in [1.82, 2.24) is 19.9 Å². The number of hydrogen-bond donors (Lipinski definition) is 3. The Kier molecular flexibility index (Phi) is 3.03. The van der Waals surface area contributed by atoms with E-state index in [0.717, 1.165) is 11.1 Å². The van der Waals surface area contributed by atoms with Crippen molar-refractivity contribution < 1.29 is 5.21 Å². The molecule has 4 N–H and O–H groups in total. The summed E-state index contributed by atoms with van der Waals surface area (Å²) in [4.78, 5) is 17.7. The van der Waals surface area contributed by atoms with Gasteiger partial charge in [-0.1, -0.05) is 48.0 Å². The summed E-state index contributed by atoms with van der Waals surface area (Å²) in [5, 5.41) is 19.6. The molecule has 27 heavy (non-hydrogen) atoms. The Balaban J connectivity index is 2.12. The molecule has 5 aromatic rings. The molecule has 0 radical (unpaired) electrons. The number of fused-ring (bicyclic) bond motifs is 5. The minimum Gasteiger partial charge on any atom is -0.425 e. The first-order valence-corrected chi connectivity index (χ1v) is 8.43. The van der Waals surface area contributed by atoms with Crippen LogP contribution in [0, 0.1) is 6.92 Å². The molecule has 0 aliphatic heterocycles. The van der Waals surface area contributed by atoms with E-state index >= 15 is 0 Å². The van der Waals surface area contributed by atoms with Gasteiger partial charge in [-0.2, -0.15) is 5.10 Å². The van der Waals surface area contributed by atoms with E-state index in [1.165, 1.54) is 0 Å². The molecule has 0 aliphatic carbocycles. The van der Waals surface area contributed by atoms with Crippen LogP contribution in [0.15, 0.2) is 53.3 Å². The van der Waals surface area contributed by atoms with Crippen LogP contribution in [0.25, 0.3) is 44.0 Å². The highest BCUT2D eigenvalue weighted by Crippen LogP contribution is 2.36. The van der Waals surface area contributed by atoms with E-state index in [1.807, 2.05) is 43.3 Å². The first-order chi connectivity index (χ1) is 13.1. The summed E-state index contributed by atoms with van der Waals surface area (Å²) in [6, 6.07) is 14.8. The number of nitrogens with one attached hydrogen (secondary N) is 1. The normalized spacial score (nSPS) is 11.6. The Morgan fingerprint density at radius 1 is 1.04 bits per heavy atom. The molecule has 5 rings (SSSR count). The molecule has 3 aromatic heterocycles. The highest BCUT2D eigenvalue weighted by atomic mass is 16.5. The lowest BCUT2D eigenvalue weighted by molar-refractivity contribution is 0.190. The molecular weight excluding hydrogens is 342 g/mol. The van der Waals surface area contributed by atoms with Crippen LogP contribution in [0.2, 0.25) is 0 Å². The van der Waals surface area contributed by atoms with Crippen molar-refractivity contribution in [1.29, 1.82) is 0 Å². The van der Waals surface area contributed by atoms with Crippen molar-refractivity contribution >= 4 is 38.5 Å². The van der Waals surface area contributed by atoms with E-state index in [-0.39, 0.29) is 5.82 Å². The van der Waals surface area contributed by atoms with Gasteiger partial charge in [0.15, 0.2) is 11.5 Å². The highest BCUT2D eigenvalue weighted by molar-refractivity contribution is 6.23. The zero-order valence-electron chi connectivity index (χ0n) is 14.4. The zero-order valence-corrected chi connectivity index (χ0v) is 14.4. The van der Waals surface area contributed by atoms with Crippen LogP contribution in [0.5, 0.6) is 0 Å². The lowest BCUT2D eigenvalue weighted by Gasteiger charge is -2.12. The van der Waals surface area contributed by atoms with Gasteiger partial charge in [0.2, 0.25) is 0 Å². The average Bonchev–Trinajstić information content (AvgIpc) is 3.06. The maximum absolute atomic E-state index is 13.1. The predicted octanol–water partition coefficient (Wildman–Crippen LogP) is 3.22. The first-order valence-electron chi connectivity index (χ1n) is 8.43. The number of aromatic nitrogens is 4. The fraction of sp³-hybridized carbons (Fsp3) is 0.0500. The van der Waals surface area contributed by atoms with Gasteiger partial charge in [0.1, 0.15) is 0 Å². The van der Waals surface area contributed by atoms with Gasteiger partial charge in [0.25, 0.3) is 5.56 Å². The van der Waals surface area contributed by atoms with Crippen LogP contribution in [0.4, 0.5) is 5.82 Å². The number of rotatable bonds is 1. The second-order valence-electron chi connectivity index (χ2n) is 6.54. The van der Waals surface area contributed by atoms with E-state index in [0.29, 0.717) is 43.1 Å². The van der Waals surface area contributed by atoms with Gasteiger partial charge in [-0.15, -0.1) is 4.73 Å². The summed E-state index contributed by atoms with van der Waals surface area (Å²) in [5.74, 6) is 0.262. The molecule has 7 heteroatoms. The molecule has 0 saturated carbocycles. The first kappa shape index (κ1) is 15.4. The molecule has 132 valence electrons. The number of pyridine rings is 2. The minimum atomic E-state index is -0.547. The zero-order chi connectivity index (χ0) is 18.7. The van der Waals surface area contributed by atoms with Gasteiger partial charge in [0, 0.05) is 16.3 Å². The SMILES string of the molecule is Cc1ccc(-c2nc3[nH]nc(N)c3c3c2c(=O)n(O)c2ccccc32)cc1. The maximum Gasteiger partial charge on any atom is 0.293 e. The molecule has 0 bridgehead atoms. The number of aromatic amines is 1. The Bertz CT molecular complexity index is 1410. The maximum atomic E-state index is 13.1. The van der Waals surface area contributed by atoms with Gasteiger partial charge >= 0.3 is 0 Å².